The second-order valence-corrected chi connectivity index (χ2v) is 9.53. The predicted octanol–water partition coefficient (Wildman–Crippen LogP) is 6.87. The molecule has 0 aromatic heterocycles. The van der Waals surface area contributed by atoms with E-state index in [0.29, 0.717) is 41.0 Å². The molecule has 2 N–H and O–H groups in total. The zero-order chi connectivity index (χ0) is 28.7. The summed E-state index contributed by atoms with van der Waals surface area (Å²) in [4.78, 5) is 41.3. The maximum atomic E-state index is 13.4. The van der Waals surface area contributed by atoms with Gasteiger partial charge in [-0.25, -0.2) is 0 Å². The molecule has 0 radical (unpaired) electrons. The number of aliphatic carboxylic acids is 1. The minimum absolute atomic E-state index is 0.194. The number of amides is 2. The van der Waals surface area contributed by atoms with E-state index >= 15 is 0 Å². The average Bonchev–Trinajstić information content (AvgIpc) is 2.99. The molecule has 0 aliphatic heterocycles. The zero-order valence-corrected chi connectivity index (χ0v) is 23.1. The van der Waals surface area contributed by atoms with Gasteiger partial charge in [-0.3, -0.25) is 14.4 Å². The van der Waals surface area contributed by atoms with Crippen molar-refractivity contribution in [2.75, 3.05) is 18.4 Å². The molecule has 4 aromatic carbocycles. The van der Waals surface area contributed by atoms with Crippen molar-refractivity contribution < 1.29 is 19.5 Å². The molecule has 0 saturated carbocycles. The first-order valence-corrected chi connectivity index (χ1v) is 13.6. The Morgan fingerprint density at radius 3 is 1.90 bits per heavy atom. The fourth-order valence-corrected chi connectivity index (χ4v) is 5.25. The maximum absolute atomic E-state index is 13.4. The number of carboxylic acid groups (broad SMARTS) is 1. The third-order valence-corrected chi connectivity index (χ3v) is 7.46. The van der Waals surface area contributed by atoms with E-state index in [9.17, 15) is 19.5 Å². The van der Waals surface area contributed by atoms with E-state index < -0.39 is 11.4 Å². The number of carbonyl (C=O) groups excluding carboxylic acids is 2. The number of hydrogen-bond acceptors (Lipinski definition) is 3. The van der Waals surface area contributed by atoms with Crippen LogP contribution in [-0.4, -0.2) is 40.9 Å². The highest BCUT2D eigenvalue weighted by atomic mass is 16.4. The van der Waals surface area contributed by atoms with Crippen LogP contribution >= 0.6 is 0 Å². The fraction of sp³-hybridized carbons (Fsp3) is 0.206. The van der Waals surface area contributed by atoms with Gasteiger partial charge in [0.1, 0.15) is 5.41 Å². The first kappa shape index (κ1) is 28.3. The minimum atomic E-state index is -1.44. The van der Waals surface area contributed by atoms with Gasteiger partial charge in [0.2, 0.25) is 0 Å². The van der Waals surface area contributed by atoms with Crippen LogP contribution in [-0.2, 0) is 10.2 Å². The van der Waals surface area contributed by atoms with Crippen LogP contribution in [0.5, 0.6) is 0 Å². The smallest absolute Gasteiger partial charge is 0.318 e. The van der Waals surface area contributed by atoms with Gasteiger partial charge in [0.15, 0.2) is 0 Å². The molecule has 204 valence electrons. The van der Waals surface area contributed by atoms with Crippen LogP contribution in [0.25, 0.3) is 11.1 Å². The summed E-state index contributed by atoms with van der Waals surface area (Å²) >= 11 is 0. The Balaban J connectivity index is 1.69. The SMILES string of the molecule is CCN(CC)C(=O)c1ccccc1C(CC)(C(=O)O)c1ccc(NC(=O)c2ccccc2-c2ccccc2)cc1. The van der Waals surface area contributed by atoms with Crippen molar-refractivity contribution in [2.45, 2.75) is 32.6 Å². The molecule has 40 heavy (non-hydrogen) atoms. The van der Waals surface area contributed by atoms with Crippen molar-refractivity contribution in [1.82, 2.24) is 4.90 Å². The fourth-order valence-electron chi connectivity index (χ4n) is 5.25. The minimum Gasteiger partial charge on any atom is -0.480 e. The highest BCUT2D eigenvalue weighted by Crippen LogP contribution is 2.39. The lowest BCUT2D eigenvalue weighted by Crippen LogP contribution is -2.40. The van der Waals surface area contributed by atoms with Crippen molar-refractivity contribution in [3.05, 3.63) is 125 Å². The Bertz CT molecular complexity index is 1490. The molecule has 0 aliphatic carbocycles. The van der Waals surface area contributed by atoms with Gasteiger partial charge >= 0.3 is 5.97 Å². The Morgan fingerprint density at radius 1 is 0.725 bits per heavy atom. The average molecular weight is 535 g/mol. The lowest BCUT2D eigenvalue weighted by Gasteiger charge is -2.32. The number of hydrogen-bond donors (Lipinski definition) is 2. The second-order valence-electron chi connectivity index (χ2n) is 9.53. The zero-order valence-electron chi connectivity index (χ0n) is 23.1. The highest BCUT2D eigenvalue weighted by Gasteiger charge is 2.43. The summed E-state index contributed by atoms with van der Waals surface area (Å²) in [6.07, 6.45) is 0.237. The first-order valence-electron chi connectivity index (χ1n) is 13.6. The summed E-state index contributed by atoms with van der Waals surface area (Å²) in [5.74, 6) is -1.49. The number of nitrogens with zero attached hydrogens (tertiary/aromatic N) is 1. The van der Waals surface area contributed by atoms with Gasteiger partial charge in [-0.1, -0.05) is 85.8 Å². The van der Waals surface area contributed by atoms with Gasteiger partial charge in [-0.15, -0.1) is 0 Å². The highest BCUT2D eigenvalue weighted by molar-refractivity contribution is 6.08. The molecule has 2 amide bonds. The van der Waals surface area contributed by atoms with E-state index in [1.807, 2.05) is 69.3 Å². The van der Waals surface area contributed by atoms with E-state index in [1.165, 1.54) is 0 Å². The van der Waals surface area contributed by atoms with Crippen molar-refractivity contribution in [1.29, 1.82) is 0 Å². The lowest BCUT2D eigenvalue weighted by molar-refractivity contribution is -0.142. The summed E-state index contributed by atoms with van der Waals surface area (Å²) in [6.45, 7) is 6.66. The monoisotopic (exact) mass is 534 g/mol. The largest absolute Gasteiger partial charge is 0.480 e. The van der Waals surface area contributed by atoms with Crippen LogP contribution in [0.2, 0.25) is 0 Å². The normalized spacial score (nSPS) is 12.3. The van der Waals surface area contributed by atoms with E-state index in [0.717, 1.165) is 11.1 Å². The maximum Gasteiger partial charge on any atom is 0.318 e. The Morgan fingerprint density at radius 2 is 1.30 bits per heavy atom. The van der Waals surface area contributed by atoms with Gasteiger partial charge in [0.05, 0.1) is 0 Å². The van der Waals surface area contributed by atoms with Crippen LogP contribution in [0, 0.1) is 0 Å². The van der Waals surface area contributed by atoms with Crippen molar-refractivity contribution in [3.63, 3.8) is 0 Å². The molecule has 6 heteroatoms. The molecule has 0 fully saturated rings. The molecule has 0 saturated heterocycles. The predicted molar refractivity (Wildman–Crippen MR) is 159 cm³/mol. The van der Waals surface area contributed by atoms with Gasteiger partial charge < -0.3 is 15.3 Å². The topological polar surface area (TPSA) is 86.7 Å². The van der Waals surface area contributed by atoms with Crippen LogP contribution in [0.15, 0.2) is 103 Å². The molecule has 0 spiro atoms. The van der Waals surface area contributed by atoms with Crippen LogP contribution in [0.4, 0.5) is 5.69 Å². The Kier molecular flexibility index (Phi) is 8.80. The number of benzene rings is 4. The van der Waals surface area contributed by atoms with Gasteiger partial charge in [0, 0.05) is 29.9 Å². The van der Waals surface area contributed by atoms with Crippen molar-refractivity contribution in [2.24, 2.45) is 0 Å². The number of carbonyl (C=O) groups is 3. The molecule has 0 aliphatic rings. The van der Waals surface area contributed by atoms with Crippen LogP contribution < -0.4 is 5.32 Å². The summed E-state index contributed by atoms with van der Waals surface area (Å²) in [7, 11) is 0. The molecule has 0 bridgehead atoms. The van der Waals surface area contributed by atoms with Crippen LogP contribution in [0.3, 0.4) is 0 Å². The van der Waals surface area contributed by atoms with E-state index in [1.54, 1.807) is 59.5 Å². The van der Waals surface area contributed by atoms with Gasteiger partial charge in [-0.05, 0) is 66.8 Å². The molecule has 4 rings (SSSR count). The molecular weight excluding hydrogens is 500 g/mol. The summed E-state index contributed by atoms with van der Waals surface area (Å²) < 4.78 is 0. The van der Waals surface area contributed by atoms with Crippen molar-refractivity contribution in [3.8, 4) is 11.1 Å². The molecule has 1 unspecified atom stereocenters. The summed E-state index contributed by atoms with van der Waals surface area (Å²) in [5, 5.41) is 13.5. The lowest BCUT2D eigenvalue weighted by atomic mass is 9.70. The number of carboxylic acids is 1. The Labute approximate surface area is 235 Å². The standard InChI is InChI=1S/C34H34N2O4/c1-4-34(33(39)40,30-19-13-12-18-29(30)32(38)36(5-2)6-3)25-20-22-26(23-21-25)35-31(37)28-17-11-10-16-27(28)24-14-8-7-9-15-24/h7-23H,4-6H2,1-3H3,(H,35,37)(H,39,40). The number of anilines is 1. The number of rotatable bonds is 10. The second kappa shape index (κ2) is 12.4. The molecule has 1 atom stereocenters. The third-order valence-electron chi connectivity index (χ3n) is 7.46. The van der Waals surface area contributed by atoms with Crippen LogP contribution in [0.1, 0.15) is 59.0 Å². The molecule has 0 heterocycles. The summed E-state index contributed by atoms with van der Waals surface area (Å²) in [5.41, 5.74) is 2.76. The van der Waals surface area contributed by atoms with Gasteiger partial charge in [0.25, 0.3) is 11.8 Å². The molecular formula is C34H34N2O4. The third kappa shape index (κ3) is 5.38. The van der Waals surface area contributed by atoms with E-state index in [4.69, 9.17) is 0 Å². The first-order chi connectivity index (χ1) is 19.4. The Hall–Kier alpha value is -4.71. The molecule has 6 nitrogen and oxygen atoms in total. The summed E-state index contributed by atoms with van der Waals surface area (Å²) in [6, 6.07) is 30.9. The quantitative estimate of drug-likeness (QED) is 0.232. The van der Waals surface area contributed by atoms with Gasteiger partial charge in [-0.2, -0.15) is 0 Å². The molecule has 4 aromatic rings. The van der Waals surface area contributed by atoms with E-state index in [-0.39, 0.29) is 18.2 Å². The van der Waals surface area contributed by atoms with Crippen molar-refractivity contribution >= 4 is 23.5 Å². The number of nitrogens with one attached hydrogen (secondary N) is 1. The van der Waals surface area contributed by atoms with E-state index in [2.05, 4.69) is 5.32 Å².